The maximum Gasteiger partial charge on any atom is 0.133 e. The Balaban J connectivity index is 1.85. The molecule has 2 atom stereocenters. The van der Waals surface area contributed by atoms with Gasteiger partial charge in [-0.05, 0) is 53.5 Å². The van der Waals surface area contributed by atoms with Crippen LogP contribution in [0.15, 0.2) is 16.8 Å². The van der Waals surface area contributed by atoms with Gasteiger partial charge < -0.3 is 0 Å². The van der Waals surface area contributed by atoms with Crippen molar-refractivity contribution >= 4 is 17.1 Å². The van der Waals surface area contributed by atoms with E-state index in [2.05, 4.69) is 23.8 Å². The Labute approximate surface area is 95.5 Å². The fraction of sp³-hybridized carbons (Fsp3) is 0.615. The Kier molecular flexibility index (Phi) is 3.57. The molecule has 0 N–H and O–H groups in total. The highest BCUT2D eigenvalue weighted by Gasteiger charge is 2.25. The van der Waals surface area contributed by atoms with Crippen LogP contribution in [0.2, 0.25) is 0 Å². The summed E-state index contributed by atoms with van der Waals surface area (Å²) in [4.78, 5) is 11.4. The zero-order valence-electron chi connectivity index (χ0n) is 9.24. The summed E-state index contributed by atoms with van der Waals surface area (Å²) in [5, 5.41) is 4.35. The number of hydrogen-bond donors (Lipinski definition) is 0. The summed E-state index contributed by atoms with van der Waals surface area (Å²) < 4.78 is 0. The molecule has 0 spiro atoms. The molecule has 0 bridgehead atoms. The smallest absolute Gasteiger partial charge is 0.133 e. The number of carbonyl (C=O) groups is 1. The molecule has 2 rings (SSSR count). The Morgan fingerprint density at radius 2 is 2.40 bits per heavy atom. The second kappa shape index (κ2) is 4.93. The summed E-state index contributed by atoms with van der Waals surface area (Å²) in [5.74, 6) is 1.84. The number of thiophene rings is 1. The monoisotopic (exact) mass is 222 g/mol. The molecule has 0 amide bonds. The van der Waals surface area contributed by atoms with Crippen LogP contribution in [0.1, 0.15) is 38.2 Å². The Morgan fingerprint density at radius 1 is 1.53 bits per heavy atom. The van der Waals surface area contributed by atoms with Crippen LogP contribution in [0.25, 0.3) is 0 Å². The molecule has 0 aliphatic heterocycles. The minimum atomic E-state index is 0.475. The van der Waals surface area contributed by atoms with Gasteiger partial charge in [0.1, 0.15) is 5.78 Å². The van der Waals surface area contributed by atoms with Crippen LogP contribution in [0.3, 0.4) is 0 Å². The molecular weight excluding hydrogens is 204 g/mol. The summed E-state index contributed by atoms with van der Waals surface area (Å²) in [6.45, 7) is 2.30. The molecule has 15 heavy (non-hydrogen) atoms. The maximum atomic E-state index is 11.4. The van der Waals surface area contributed by atoms with Crippen molar-refractivity contribution in [2.75, 3.05) is 0 Å². The van der Waals surface area contributed by atoms with Gasteiger partial charge in [-0.25, -0.2) is 0 Å². The molecule has 2 heteroatoms. The number of carbonyl (C=O) groups excluding carboxylic acids is 1. The van der Waals surface area contributed by atoms with E-state index >= 15 is 0 Å². The Bertz CT molecular complexity index is 315. The minimum Gasteiger partial charge on any atom is -0.300 e. The van der Waals surface area contributed by atoms with E-state index in [1.54, 1.807) is 11.3 Å². The van der Waals surface area contributed by atoms with Crippen molar-refractivity contribution in [3.05, 3.63) is 22.4 Å². The minimum absolute atomic E-state index is 0.475. The average molecular weight is 222 g/mol. The average Bonchev–Trinajstić information content (AvgIpc) is 2.72. The van der Waals surface area contributed by atoms with E-state index in [0.29, 0.717) is 11.7 Å². The van der Waals surface area contributed by atoms with Crippen molar-refractivity contribution in [3.8, 4) is 0 Å². The molecular formula is C13H18OS. The second-order valence-corrected chi connectivity index (χ2v) is 5.47. The van der Waals surface area contributed by atoms with Gasteiger partial charge in [0, 0.05) is 12.8 Å². The van der Waals surface area contributed by atoms with E-state index in [1.165, 1.54) is 12.0 Å². The zero-order chi connectivity index (χ0) is 10.7. The quantitative estimate of drug-likeness (QED) is 0.762. The van der Waals surface area contributed by atoms with Crippen molar-refractivity contribution in [1.29, 1.82) is 0 Å². The molecule has 1 nitrogen and oxygen atoms in total. The highest BCUT2D eigenvalue weighted by molar-refractivity contribution is 7.07. The first-order valence-electron chi connectivity index (χ1n) is 5.78. The third-order valence-corrected chi connectivity index (χ3v) is 4.29. The topological polar surface area (TPSA) is 17.1 Å². The van der Waals surface area contributed by atoms with Crippen molar-refractivity contribution in [1.82, 2.24) is 0 Å². The zero-order valence-corrected chi connectivity index (χ0v) is 10.1. The van der Waals surface area contributed by atoms with E-state index in [-0.39, 0.29) is 0 Å². The third-order valence-electron chi connectivity index (χ3n) is 3.56. The van der Waals surface area contributed by atoms with Gasteiger partial charge in [-0.15, -0.1) is 0 Å². The van der Waals surface area contributed by atoms with Crippen molar-refractivity contribution in [2.45, 2.75) is 39.0 Å². The molecule has 1 aliphatic carbocycles. The molecule has 0 saturated heterocycles. The second-order valence-electron chi connectivity index (χ2n) is 4.69. The molecule has 1 aromatic heterocycles. The first kappa shape index (κ1) is 10.9. The maximum absolute atomic E-state index is 11.4. The van der Waals surface area contributed by atoms with Crippen LogP contribution in [-0.4, -0.2) is 5.78 Å². The Hall–Kier alpha value is -0.630. The number of ketones is 1. The SMILES string of the molecule is CC1CCC(=O)CC1CCc1ccsc1. The van der Waals surface area contributed by atoms with Crippen LogP contribution in [0.4, 0.5) is 0 Å². The summed E-state index contributed by atoms with van der Waals surface area (Å²) in [7, 11) is 0. The summed E-state index contributed by atoms with van der Waals surface area (Å²) in [6, 6.07) is 2.19. The first-order valence-corrected chi connectivity index (χ1v) is 6.73. The molecule has 1 aromatic rings. The highest BCUT2D eigenvalue weighted by atomic mass is 32.1. The van der Waals surface area contributed by atoms with E-state index in [4.69, 9.17) is 0 Å². The lowest BCUT2D eigenvalue weighted by Crippen LogP contribution is -2.23. The molecule has 2 unspecified atom stereocenters. The number of hydrogen-bond acceptors (Lipinski definition) is 2. The van der Waals surface area contributed by atoms with Gasteiger partial charge in [0.2, 0.25) is 0 Å². The lowest BCUT2D eigenvalue weighted by atomic mass is 9.77. The van der Waals surface area contributed by atoms with Crippen LogP contribution < -0.4 is 0 Å². The van der Waals surface area contributed by atoms with E-state index in [9.17, 15) is 4.79 Å². The summed E-state index contributed by atoms with van der Waals surface area (Å²) in [6.07, 6.45) is 5.07. The van der Waals surface area contributed by atoms with Gasteiger partial charge >= 0.3 is 0 Å². The fourth-order valence-electron chi connectivity index (χ4n) is 2.39. The molecule has 1 aliphatic rings. The van der Waals surface area contributed by atoms with Crippen molar-refractivity contribution < 1.29 is 4.79 Å². The standard InChI is InChI=1S/C13H18OS/c1-10-2-5-13(14)8-12(10)4-3-11-6-7-15-9-11/h6-7,9-10,12H,2-5,8H2,1H3. The number of aryl methyl sites for hydroxylation is 1. The third kappa shape index (κ3) is 2.91. The molecule has 0 radical (unpaired) electrons. The largest absolute Gasteiger partial charge is 0.300 e. The van der Waals surface area contributed by atoms with E-state index in [0.717, 1.165) is 31.6 Å². The molecule has 1 heterocycles. The van der Waals surface area contributed by atoms with E-state index < -0.39 is 0 Å². The molecule has 1 saturated carbocycles. The number of Topliss-reactive ketones (excluding diaryl/α,β-unsaturated/α-hetero) is 1. The fourth-order valence-corrected chi connectivity index (χ4v) is 3.10. The van der Waals surface area contributed by atoms with Crippen LogP contribution in [0, 0.1) is 11.8 Å². The van der Waals surface area contributed by atoms with Crippen molar-refractivity contribution in [3.63, 3.8) is 0 Å². The van der Waals surface area contributed by atoms with Gasteiger partial charge in [0.25, 0.3) is 0 Å². The van der Waals surface area contributed by atoms with Crippen LogP contribution >= 0.6 is 11.3 Å². The van der Waals surface area contributed by atoms with Gasteiger partial charge in [-0.1, -0.05) is 6.92 Å². The van der Waals surface area contributed by atoms with Gasteiger partial charge in [0.15, 0.2) is 0 Å². The van der Waals surface area contributed by atoms with Gasteiger partial charge in [-0.2, -0.15) is 11.3 Å². The lowest BCUT2D eigenvalue weighted by molar-refractivity contribution is -0.122. The lowest BCUT2D eigenvalue weighted by Gasteiger charge is -2.27. The van der Waals surface area contributed by atoms with Crippen molar-refractivity contribution in [2.24, 2.45) is 11.8 Å². The van der Waals surface area contributed by atoms with Gasteiger partial charge in [-0.3, -0.25) is 4.79 Å². The molecule has 0 aromatic carbocycles. The predicted molar refractivity (Wildman–Crippen MR) is 64.2 cm³/mol. The van der Waals surface area contributed by atoms with Gasteiger partial charge in [0.05, 0.1) is 0 Å². The summed E-state index contributed by atoms with van der Waals surface area (Å²) >= 11 is 1.76. The summed E-state index contributed by atoms with van der Waals surface area (Å²) in [5.41, 5.74) is 1.44. The van der Waals surface area contributed by atoms with E-state index in [1.807, 2.05) is 0 Å². The first-order chi connectivity index (χ1) is 7.25. The number of rotatable bonds is 3. The van der Waals surface area contributed by atoms with Crippen LogP contribution in [-0.2, 0) is 11.2 Å². The van der Waals surface area contributed by atoms with Crippen LogP contribution in [0.5, 0.6) is 0 Å². The Morgan fingerprint density at radius 3 is 3.13 bits per heavy atom. The highest BCUT2D eigenvalue weighted by Crippen LogP contribution is 2.31. The molecule has 82 valence electrons. The molecule has 1 fully saturated rings. The normalized spacial score (nSPS) is 26.9. The predicted octanol–water partition coefficient (Wildman–Crippen LogP) is 3.69.